The van der Waals surface area contributed by atoms with Gasteiger partial charge in [0.25, 0.3) is 0 Å². The zero-order chi connectivity index (χ0) is 22.7. The first-order chi connectivity index (χ1) is 14.8. The van der Waals surface area contributed by atoms with Crippen LogP contribution in [0.5, 0.6) is 0 Å². The van der Waals surface area contributed by atoms with E-state index in [1.54, 1.807) is 0 Å². The van der Waals surface area contributed by atoms with E-state index in [1.165, 1.54) is 22.8 Å². The molecular weight excluding hydrogens is 512 g/mol. The van der Waals surface area contributed by atoms with Crippen LogP contribution in [0.25, 0.3) is 0 Å². The number of carboxylic acids is 1. The van der Waals surface area contributed by atoms with Crippen LogP contribution < -0.4 is 15.9 Å². The molecule has 0 unspecified atom stereocenters. The van der Waals surface area contributed by atoms with Crippen molar-refractivity contribution in [3.63, 3.8) is 0 Å². The molecular formula is C26H29NO3PPd-. The van der Waals surface area contributed by atoms with Gasteiger partial charge in [0.1, 0.15) is 0 Å². The summed E-state index contributed by atoms with van der Waals surface area (Å²) in [5.74, 6) is -1.07. The average molecular weight is 541 g/mol. The number of nitrogens with zero attached hydrogens (tertiary/aromatic N) is 1. The van der Waals surface area contributed by atoms with Crippen LogP contribution in [0.2, 0.25) is 0 Å². The standard InChI is InChI=1S/C18H15P.C8H14NO3.Pd/c1-4-10-16(11-5-1)19(17-12-6-2-7-13-17)18-14-8-3-9-15-18;1-6(7(10)11)9-12-5-8(2,3)4;/h1-15H;2,5H2,1,3-4H3,(H,10,11);/q;-1;/b;9-6+;. The number of carboxylic acid groups (broad SMARTS) is 1. The topological polar surface area (TPSA) is 58.9 Å². The van der Waals surface area contributed by atoms with Crippen molar-refractivity contribution in [1.29, 1.82) is 0 Å². The van der Waals surface area contributed by atoms with Crippen LogP contribution in [0.4, 0.5) is 0 Å². The second-order valence-corrected chi connectivity index (χ2v) is 9.98. The van der Waals surface area contributed by atoms with E-state index in [1.807, 2.05) is 13.8 Å². The van der Waals surface area contributed by atoms with Gasteiger partial charge in [-0.05, 0) is 30.8 Å². The summed E-state index contributed by atoms with van der Waals surface area (Å²) in [5.41, 5.74) is -0.304. The van der Waals surface area contributed by atoms with Crippen molar-refractivity contribution in [2.24, 2.45) is 10.6 Å². The number of benzene rings is 3. The van der Waals surface area contributed by atoms with Gasteiger partial charge in [0, 0.05) is 20.4 Å². The fourth-order valence-electron chi connectivity index (χ4n) is 2.52. The van der Waals surface area contributed by atoms with Crippen LogP contribution in [0.1, 0.15) is 20.8 Å². The molecule has 0 radical (unpaired) electrons. The third kappa shape index (κ3) is 9.88. The quantitative estimate of drug-likeness (QED) is 0.154. The Morgan fingerprint density at radius 3 is 1.50 bits per heavy atom. The van der Waals surface area contributed by atoms with E-state index in [2.05, 4.69) is 103 Å². The minimum absolute atomic E-state index is 0. The van der Waals surface area contributed by atoms with Crippen molar-refractivity contribution < 1.29 is 35.2 Å². The normalized spacial score (nSPS) is 11.1. The molecule has 0 aliphatic heterocycles. The fraction of sp³-hybridized carbons (Fsp3) is 0.192. The van der Waals surface area contributed by atoms with E-state index in [0.29, 0.717) is 6.61 Å². The van der Waals surface area contributed by atoms with Crippen molar-refractivity contribution in [2.75, 3.05) is 6.61 Å². The van der Waals surface area contributed by atoms with Crippen LogP contribution in [0.15, 0.2) is 96.2 Å². The maximum absolute atomic E-state index is 10.2. The predicted octanol–water partition coefficient (Wildman–Crippen LogP) is 4.77. The van der Waals surface area contributed by atoms with E-state index in [-0.39, 0.29) is 31.5 Å². The van der Waals surface area contributed by atoms with E-state index in [0.717, 1.165) is 0 Å². The number of carbonyl (C=O) groups is 1. The molecule has 0 heterocycles. The van der Waals surface area contributed by atoms with Crippen molar-refractivity contribution >= 4 is 35.5 Å². The molecule has 6 heteroatoms. The second-order valence-electron chi connectivity index (χ2n) is 7.76. The molecule has 3 aromatic rings. The van der Waals surface area contributed by atoms with Crippen LogP contribution in [-0.4, -0.2) is 23.4 Å². The van der Waals surface area contributed by atoms with Gasteiger partial charge in [-0.25, -0.2) is 4.79 Å². The van der Waals surface area contributed by atoms with Gasteiger partial charge in [-0.2, -0.15) is 0 Å². The van der Waals surface area contributed by atoms with Gasteiger partial charge in [-0.3, -0.25) is 0 Å². The van der Waals surface area contributed by atoms with Gasteiger partial charge in [-0.15, -0.1) is 5.41 Å². The molecule has 3 rings (SSSR count). The summed E-state index contributed by atoms with van der Waals surface area (Å²) in [6, 6.07) is 32.3. The van der Waals surface area contributed by atoms with Gasteiger partial charge in [-0.1, -0.05) is 110 Å². The van der Waals surface area contributed by atoms with Crippen molar-refractivity contribution in [3.05, 3.63) is 97.9 Å². The molecule has 0 fully saturated rings. The molecule has 0 saturated heterocycles. The first-order valence-corrected chi connectivity index (χ1v) is 11.3. The molecule has 0 bridgehead atoms. The molecule has 1 N–H and O–H groups in total. The first-order valence-electron chi connectivity index (χ1n) is 9.98. The molecule has 3 aromatic carbocycles. The van der Waals surface area contributed by atoms with E-state index in [4.69, 9.17) is 9.94 Å². The molecule has 0 spiro atoms. The van der Waals surface area contributed by atoms with Crippen molar-refractivity contribution in [1.82, 2.24) is 0 Å². The molecule has 32 heavy (non-hydrogen) atoms. The molecule has 0 aliphatic carbocycles. The van der Waals surface area contributed by atoms with Crippen molar-refractivity contribution in [2.45, 2.75) is 20.8 Å². The van der Waals surface area contributed by atoms with Gasteiger partial charge in [0.2, 0.25) is 0 Å². The summed E-state index contributed by atoms with van der Waals surface area (Å²) in [6.07, 6.45) is 0. The van der Waals surface area contributed by atoms with Crippen LogP contribution >= 0.6 is 7.92 Å². The number of hydrogen-bond donors (Lipinski definition) is 1. The second kappa shape index (κ2) is 14.0. The maximum Gasteiger partial charge on any atom is 0.353 e. The molecule has 4 nitrogen and oxygen atoms in total. The molecule has 0 saturated carbocycles. The van der Waals surface area contributed by atoms with Gasteiger partial charge < -0.3 is 16.9 Å². The molecule has 0 amide bonds. The Morgan fingerprint density at radius 1 is 0.875 bits per heavy atom. The fourth-order valence-corrected chi connectivity index (χ4v) is 4.83. The third-order valence-electron chi connectivity index (χ3n) is 4.01. The van der Waals surface area contributed by atoms with E-state index < -0.39 is 13.9 Å². The summed E-state index contributed by atoms with van der Waals surface area (Å²) in [6.45, 7) is 9.19. The first kappa shape index (κ1) is 27.7. The minimum Gasteiger partial charge on any atom is -0.477 e. The van der Waals surface area contributed by atoms with Crippen LogP contribution in [-0.2, 0) is 30.1 Å². The van der Waals surface area contributed by atoms with Gasteiger partial charge in [0.15, 0.2) is 5.71 Å². The van der Waals surface area contributed by atoms with Crippen molar-refractivity contribution in [3.8, 4) is 0 Å². The smallest absolute Gasteiger partial charge is 0.353 e. The molecule has 0 atom stereocenters. The summed E-state index contributed by atoms with van der Waals surface area (Å²) in [4.78, 5) is 15.0. The minimum atomic E-state index is -1.07. The monoisotopic (exact) mass is 540 g/mol. The zero-order valence-electron chi connectivity index (χ0n) is 18.5. The Balaban J connectivity index is 0.000000346. The largest absolute Gasteiger partial charge is 0.477 e. The Hall–Kier alpha value is -2.31. The third-order valence-corrected chi connectivity index (χ3v) is 6.45. The van der Waals surface area contributed by atoms with Gasteiger partial charge >= 0.3 is 5.97 Å². The molecule has 0 aromatic heterocycles. The van der Waals surface area contributed by atoms with Gasteiger partial charge in [0.05, 0.1) is 6.61 Å². The summed E-state index contributed by atoms with van der Waals surface area (Å²) in [5, 5.41) is 16.0. The van der Waals surface area contributed by atoms with Crippen LogP contribution in [0.3, 0.4) is 0 Å². The molecule has 172 valence electrons. The van der Waals surface area contributed by atoms with Crippen LogP contribution in [0, 0.1) is 12.3 Å². The number of hydrogen-bond acceptors (Lipinski definition) is 3. The summed E-state index contributed by atoms with van der Waals surface area (Å²) >= 11 is 0. The maximum atomic E-state index is 10.2. The summed E-state index contributed by atoms with van der Waals surface area (Å²) in [7, 11) is -0.446. The number of rotatable bonds is 7. The Morgan fingerprint density at radius 2 is 1.22 bits per heavy atom. The SMILES string of the molecule is [CH2-]C(C)(C)CO/N=C(\C)C(=O)O.[Pd].c1ccc(P(c2ccccc2)c2ccccc2)cc1. The Labute approximate surface area is 206 Å². The summed E-state index contributed by atoms with van der Waals surface area (Å²) < 4.78 is 0. The molecule has 0 aliphatic rings. The Bertz CT molecular complexity index is 865. The number of oxime groups is 1. The predicted molar refractivity (Wildman–Crippen MR) is 131 cm³/mol. The van der Waals surface area contributed by atoms with E-state index in [9.17, 15) is 4.79 Å². The zero-order valence-corrected chi connectivity index (χ0v) is 21.0. The Kier molecular flexibility index (Phi) is 12.1. The van der Waals surface area contributed by atoms with E-state index >= 15 is 0 Å². The average Bonchev–Trinajstić information content (AvgIpc) is 2.76. The number of aliphatic carboxylic acids is 1.